The van der Waals surface area contributed by atoms with E-state index in [-0.39, 0.29) is 23.9 Å². The smallest absolute Gasteiger partial charge is 0.338 e. The van der Waals surface area contributed by atoms with E-state index in [0.29, 0.717) is 13.1 Å². The minimum Gasteiger partial charge on any atom is -0.338 e. The monoisotopic (exact) mass is 469 g/mol. The minimum absolute atomic E-state index is 0.0390. The third kappa shape index (κ3) is 4.39. The van der Waals surface area contributed by atoms with Gasteiger partial charge in [-0.05, 0) is 42.0 Å². The summed E-state index contributed by atoms with van der Waals surface area (Å²) in [7, 11) is 0. The molecule has 0 spiro atoms. The number of rotatable bonds is 4. The number of aromatic nitrogens is 2. The number of amides is 1. The number of alkyl halides is 3. The van der Waals surface area contributed by atoms with Gasteiger partial charge in [0.25, 0.3) is 5.91 Å². The van der Waals surface area contributed by atoms with Gasteiger partial charge in [0.2, 0.25) is 0 Å². The van der Waals surface area contributed by atoms with Crippen molar-refractivity contribution < 1.29 is 18.0 Å². The van der Waals surface area contributed by atoms with Gasteiger partial charge in [0.15, 0.2) is 0 Å². The first kappa shape index (κ1) is 21.7. The molecule has 2 aromatic heterocycles. The van der Waals surface area contributed by atoms with Gasteiger partial charge in [-0.25, -0.2) is 4.98 Å². The maximum atomic E-state index is 13.4. The Kier molecular flexibility index (Phi) is 5.70. The highest BCUT2D eigenvalue weighted by Gasteiger charge is 2.33. The molecule has 170 valence electrons. The molecule has 1 saturated heterocycles. The number of imidazole rings is 1. The molecule has 0 saturated carbocycles. The quantitative estimate of drug-likeness (QED) is 0.358. The van der Waals surface area contributed by atoms with Crippen LogP contribution < -0.4 is 0 Å². The number of fused-ring (bicyclic) bond motifs is 1. The Morgan fingerprint density at radius 1 is 1.06 bits per heavy atom. The van der Waals surface area contributed by atoms with Gasteiger partial charge >= 0.3 is 6.18 Å². The number of piperidine rings is 1. The van der Waals surface area contributed by atoms with Crippen LogP contribution >= 0.6 is 11.3 Å². The lowest BCUT2D eigenvalue weighted by atomic mass is 9.95. The molecule has 8 heteroatoms. The van der Waals surface area contributed by atoms with E-state index in [1.54, 1.807) is 23.0 Å². The van der Waals surface area contributed by atoms with Crippen LogP contribution in [0.1, 0.15) is 45.4 Å². The average molecular weight is 470 g/mol. The van der Waals surface area contributed by atoms with Gasteiger partial charge in [0, 0.05) is 42.6 Å². The first-order valence-electron chi connectivity index (χ1n) is 10.8. The van der Waals surface area contributed by atoms with E-state index in [2.05, 4.69) is 4.98 Å². The zero-order chi connectivity index (χ0) is 23.0. The maximum absolute atomic E-state index is 13.4. The fourth-order valence-electron chi connectivity index (χ4n) is 4.52. The van der Waals surface area contributed by atoms with Crippen molar-refractivity contribution in [2.24, 2.45) is 0 Å². The number of thiophene rings is 1. The highest BCUT2D eigenvalue weighted by Crippen LogP contribution is 2.34. The molecule has 0 bridgehead atoms. The number of nitrogens with zero attached hydrogens (tertiary/aromatic N) is 3. The maximum Gasteiger partial charge on any atom is 0.416 e. The van der Waals surface area contributed by atoms with Crippen LogP contribution in [0.15, 0.2) is 67.0 Å². The Bertz CT molecular complexity index is 1250. The Morgan fingerprint density at radius 2 is 1.79 bits per heavy atom. The molecule has 0 unspecified atom stereocenters. The molecule has 0 N–H and O–H groups in total. The standard InChI is InChI=1S/C25H22F3N3OS/c26-25(27,28)20-7-3-1-6-19(20)16-31-14-11-29-23(31)17-9-12-30(13-10-17)24(32)22-15-18-5-2-4-8-21(18)33-22/h1-8,11,14-15,17H,9-10,12-13,16H2. The topological polar surface area (TPSA) is 38.1 Å². The van der Waals surface area contributed by atoms with Gasteiger partial charge in [-0.1, -0.05) is 36.4 Å². The number of carbonyl (C=O) groups is 1. The van der Waals surface area contributed by atoms with Crippen molar-refractivity contribution in [2.45, 2.75) is 31.5 Å². The fourth-order valence-corrected chi connectivity index (χ4v) is 5.55. The summed E-state index contributed by atoms with van der Waals surface area (Å²) in [6, 6.07) is 15.6. The molecular weight excluding hydrogens is 447 g/mol. The van der Waals surface area contributed by atoms with Gasteiger partial charge in [0.05, 0.1) is 10.4 Å². The van der Waals surface area contributed by atoms with E-state index in [4.69, 9.17) is 0 Å². The summed E-state index contributed by atoms with van der Waals surface area (Å²) in [5, 5.41) is 1.07. The van der Waals surface area contributed by atoms with Crippen molar-refractivity contribution in [3.05, 3.63) is 88.8 Å². The Balaban J connectivity index is 1.28. The van der Waals surface area contributed by atoms with E-state index < -0.39 is 11.7 Å². The van der Waals surface area contributed by atoms with E-state index in [9.17, 15) is 18.0 Å². The van der Waals surface area contributed by atoms with Crippen molar-refractivity contribution in [2.75, 3.05) is 13.1 Å². The van der Waals surface area contributed by atoms with Crippen molar-refractivity contribution in [3.8, 4) is 0 Å². The van der Waals surface area contributed by atoms with Crippen LogP contribution in [0, 0.1) is 0 Å². The second-order valence-corrected chi connectivity index (χ2v) is 9.37. The first-order chi connectivity index (χ1) is 15.9. The molecule has 2 aromatic carbocycles. The molecule has 0 atom stereocenters. The zero-order valence-corrected chi connectivity index (χ0v) is 18.6. The number of benzene rings is 2. The molecule has 0 radical (unpaired) electrons. The first-order valence-corrected chi connectivity index (χ1v) is 11.7. The summed E-state index contributed by atoms with van der Waals surface area (Å²) < 4.78 is 43.1. The summed E-state index contributed by atoms with van der Waals surface area (Å²) in [5.41, 5.74) is -0.393. The summed E-state index contributed by atoms with van der Waals surface area (Å²) in [5.74, 6) is 0.919. The van der Waals surface area contributed by atoms with Crippen molar-refractivity contribution in [1.82, 2.24) is 14.5 Å². The number of likely N-dealkylation sites (tertiary alicyclic amines) is 1. The number of carbonyl (C=O) groups excluding carboxylic acids is 1. The van der Waals surface area contributed by atoms with Gasteiger partial charge in [-0.2, -0.15) is 13.2 Å². The molecule has 4 aromatic rings. The van der Waals surface area contributed by atoms with Gasteiger partial charge in [-0.15, -0.1) is 11.3 Å². The van der Waals surface area contributed by atoms with Gasteiger partial charge < -0.3 is 9.47 Å². The molecule has 5 rings (SSSR count). The highest BCUT2D eigenvalue weighted by atomic mass is 32.1. The molecular formula is C25H22F3N3OS. The molecule has 0 aliphatic carbocycles. The molecule has 1 aliphatic rings. The largest absolute Gasteiger partial charge is 0.416 e. The van der Waals surface area contributed by atoms with Crippen molar-refractivity contribution in [3.63, 3.8) is 0 Å². The number of hydrogen-bond acceptors (Lipinski definition) is 3. The second kappa shape index (κ2) is 8.67. The highest BCUT2D eigenvalue weighted by molar-refractivity contribution is 7.20. The third-order valence-electron chi connectivity index (χ3n) is 6.19. The molecule has 1 fully saturated rings. The average Bonchev–Trinajstić information content (AvgIpc) is 3.45. The van der Waals surface area contributed by atoms with Crippen LogP contribution in [0.2, 0.25) is 0 Å². The SMILES string of the molecule is O=C(c1cc2ccccc2s1)N1CCC(c2nccn2Cc2ccccc2C(F)(F)F)CC1. The van der Waals surface area contributed by atoms with Gasteiger partial charge in [0.1, 0.15) is 5.82 Å². The van der Waals surface area contributed by atoms with Crippen LogP contribution in [0.4, 0.5) is 13.2 Å². The van der Waals surface area contributed by atoms with Crippen molar-refractivity contribution >= 4 is 27.3 Å². The Morgan fingerprint density at radius 3 is 2.55 bits per heavy atom. The van der Waals surface area contributed by atoms with E-state index in [1.807, 2.05) is 35.2 Å². The predicted octanol–water partition coefficient (Wildman–Crippen LogP) is 6.18. The van der Waals surface area contributed by atoms with Crippen LogP contribution in [0.25, 0.3) is 10.1 Å². The zero-order valence-electron chi connectivity index (χ0n) is 17.8. The summed E-state index contributed by atoms with van der Waals surface area (Å²) >= 11 is 1.50. The lowest BCUT2D eigenvalue weighted by Gasteiger charge is -2.31. The van der Waals surface area contributed by atoms with Crippen molar-refractivity contribution in [1.29, 1.82) is 0 Å². The van der Waals surface area contributed by atoms with E-state index in [1.165, 1.54) is 23.5 Å². The van der Waals surface area contributed by atoms with Crippen LogP contribution in [0.3, 0.4) is 0 Å². The molecule has 33 heavy (non-hydrogen) atoms. The number of hydrogen-bond donors (Lipinski definition) is 0. The molecule has 1 amide bonds. The fraction of sp³-hybridized carbons (Fsp3) is 0.280. The van der Waals surface area contributed by atoms with Crippen LogP contribution in [0.5, 0.6) is 0 Å². The van der Waals surface area contributed by atoms with Crippen LogP contribution in [-0.2, 0) is 12.7 Å². The molecule has 3 heterocycles. The Hall–Kier alpha value is -3.13. The summed E-state index contributed by atoms with van der Waals surface area (Å²) in [6.45, 7) is 1.32. The van der Waals surface area contributed by atoms with E-state index in [0.717, 1.165) is 39.7 Å². The van der Waals surface area contributed by atoms with E-state index >= 15 is 0 Å². The lowest BCUT2D eigenvalue weighted by molar-refractivity contribution is -0.138. The Labute approximate surface area is 193 Å². The summed E-state index contributed by atoms with van der Waals surface area (Å²) in [6.07, 6.45) is 0.441. The normalized spacial score (nSPS) is 15.3. The third-order valence-corrected chi connectivity index (χ3v) is 7.30. The van der Waals surface area contributed by atoms with Gasteiger partial charge in [-0.3, -0.25) is 4.79 Å². The second-order valence-electron chi connectivity index (χ2n) is 8.28. The predicted molar refractivity (Wildman–Crippen MR) is 122 cm³/mol. The van der Waals surface area contributed by atoms with Crippen LogP contribution in [-0.4, -0.2) is 33.4 Å². The molecule has 1 aliphatic heterocycles. The minimum atomic E-state index is -4.39. The molecule has 4 nitrogen and oxygen atoms in total. The summed E-state index contributed by atoms with van der Waals surface area (Å²) in [4.78, 5) is 20.1. The lowest BCUT2D eigenvalue weighted by Crippen LogP contribution is -2.38. The number of halogens is 3.